The van der Waals surface area contributed by atoms with Gasteiger partial charge in [0.25, 0.3) is 0 Å². The van der Waals surface area contributed by atoms with Gasteiger partial charge in [0.1, 0.15) is 0 Å². The third kappa shape index (κ3) is 2.85. The van der Waals surface area contributed by atoms with E-state index in [-0.39, 0.29) is 12.5 Å². The van der Waals surface area contributed by atoms with Gasteiger partial charge in [0.05, 0.1) is 22.8 Å². The first-order valence-corrected chi connectivity index (χ1v) is 10.1. The molecule has 0 saturated carbocycles. The Morgan fingerprint density at radius 2 is 1.73 bits per heavy atom. The first-order valence-electron chi connectivity index (χ1n) is 8.69. The maximum Gasteiger partial charge on any atom is 0.244 e. The Morgan fingerprint density at radius 1 is 1.04 bits per heavy atom. The number of hydrogen-bond acceptors (Lipinski definition) is 3. The minimum atomic E-state index is -3.45. The maximum atomic E-state index is 12.8. The van der Waals surface area contributed by atoms with Crippen LogP contribution in [0.4, 0.5) is 0 Å². The minimum absolute atomic E-state index is 0.274. The molecule has 0 radical (unpaired) electrons. The summed E-state index contributed by atoms with van der Waals surface area (Å²) < 4.78 is 29.0. The Kier molecular flexibility index (Phi) is 4.17. The van der Waals surface area contributed by atoms with E-state index in [2.05, 4.69) is 13.8 Å². The van der Waals surface area contributed by atoms with Gasteiger partial charge >= 0.3 is 0 Å². The van der Waals surface area contributed by atoms with Crippen LogP contribution in [0.3, 0.4) is 0 Å². The van der Waals surface area contributed by atoms with E-state index in [0.717, 1.165) is 22.6 Å². The van der Waals surface area contributed by atoms with Gasteiger partial charge in [0.15, 0.2) is 0 Å². The lowest BCUT2D eigenvalue weighted by atomic mass is 10.1. The second kappa shape index (κ2) is 6.37. The van der Waals surface area contributed by atoms with Crippen molar-refractivity contribution < 1.29 is 8.42 Å². The highest BCUT2D eigenvalue weighted by molar-refractivity contribution is 7.89. The zero-order chi connectivity index (χ0) is 18.3. The molecule has 4 rings (SSSR count). The lowest BCUT2D eigenvalue weighted by Crippen LogP contribution is -2.24. The van der Waals surface area contributed by atoms with Gasteiger partial charge in [-0.1, -0.05) is 50.2 Å². The number of para-hydroxylation sites is 1. The number of sulfonamides is 1. The highest BCUT2D eigenvalue weighted by atomic mass is 32.2. The summed E-state index contributed by atoms with van der Waals surface area (Å²) in [5.41, 5.74) is 3.66. The van der Waals surface area contributed by atoms with E-state index in [1.165, 1.54) is 4.31 Å². The molecule has 1 aliphatic rings. The van der Waals surface area contributed by atoms with Crippen LogP contribution in [-0.4, -0.2) is 22.5 Å². The van der Waals surface area contributed by atoms with Crippen LogP contribution in [0, 0.1) is 0 Å². The molecule has 0 spiro atoms. The predicted molar refractivity (Wildman–Crippen MR) is 101 cm³/mol. The van der Waals surface area contributed by atoms with E-state index < -0.39 is 10.0 Å². The summed E-state index contributed by atoms with van der Waals surface area (Å²) in [4.78, 5) is 0.409. The van der Waals surface area contributed by atoms with Crippen molar-refractivity contribution in [2.75, 3.05) is 0 Å². The highest BCUT2D eigenvalue weighted by Crippen LogP contribution is 2.31. The van der Waals surface area contributed by atoms with E-state index in [4.69, 9.17) is 5.10 Å². The summed E-state index contributed by atoms with van der Waals surface area (Å²) in [6.45, 7) is 4.90. The van der Waals surface area contributed by atoms with Gasteiger partial charge < -0.3 is 0 Å². The van der Waals surface area contributed by atoms with Crippen LogP contribution in [0.1, 0.15) is 36.7 Å². The molecule has 0 aliphatic carbocycles. The summed E-state index contributed by atoms with van der Waals surface area (Å²) >= 11 is 0. The molecule has 0 N–H and O–H groups in total. The summed E-state index contributed by atoms with van der Waals surface area (Å²) in [5.74, 6) is 0.281. The van der Waals surface area contributed by atoms with Crippen LogP contribution >= 0.6 is 0 Å². The van der Waals surface area contributed by atoms with Gasteiger partial charge in [-0.3, -0.25) is 0 Å². The van der Waals surface area contributed by atoms with Crippen molar-refractivity contribution >= 4 is 10.0 Å². The molecule has 0 unspecified atom stereocenters. The molecule has 0 fully saturated rings. The fourth-order valence-corrected chi connectivity index (χ4v) is 4.94. The molecule has 3 aromatic rings. The van der Waals surface area contributed by atoms with Crippen molar-refractivity contribution in [2.24, 2.45) is 0 Å². The first-order chi connectivity index (χ1) is 12.5. The third-order valence-corrected chi connectivity index (χ3v) is 6.55. The molecule has 0 amide bonds. The van der Waals surface area contributed by atoms with Crippen molar-refractivity contribution in [1.82, 2.24) is 14.1 Å². The topological polar surface area (TPSA) is 55.2 Å². The minimum Gasteiger partial charge on any atom is -0.237 e. The molecule has 134 valence electrons. The molecule has 5 nitrogen and oxygen atoms in total. The van der Waals surface area contributed by atoms with E-state index in [1.807, 2.05) is 53.2 Å². The standard InChI is InChI=1S/C20H21N3O2S/c1-15(2)19-12-17(21-23(19)18-9-4-3-5-10-18)14-22-13-16-8-6-7-11-20(16)26(22,24)25/h3-12,15H,13-14H2,1-2H3. The zero-order valence-electron chi connectivity index (χ0n) is 14.8. The van der Waals surface area contributed by atoms with Crippen LogP contribution in [0.2, 0.25) is 0 Å². The summed E-state index contributed by atoms with van der Waals surface area (Å²) in [6, 6.07) is 19.1. The molecular weight excluding hydrogens is 346 g/mol. The zero-order valence-corrected chi connectivity index (χ0v) is 15.6. The van der Waals surface area contributed by atoms with Crippen LogP contribution < -0.4 is 0 Å². The Balaban J connectivity index is 1.68. The lowest BCUT2D eigenvalue weighted by Gasteiger charge is -2.12. The summed E-state index contributed by atoms with van der Waals surface area (Å²) in [6.07, 6.45) is 0. The molecule has 2 aromatic carbocycles. The van der Waals surface area contributed by atoms with Crippen LogP contribution in [0.15, 0.2) is 65.6 Å². The first kappa shape index (κ1) is 17.0. The molecule has 6 heteroatoms. The van der Waals surface area contributed by atoms with Gasteiger partial charge in [-0.15, -0.1) is 0 Å². The molecule has 1 aromatic heterocycles. The van der Waals surface area contributed by atoms with Crippen molar-refractivity contribution in [3.8, 4) is 5.69 Å². The van der Waals surface area contributed by atoms with E-state index in [9.17, 15) is 8.42 Å². The average Bonchev–Trinajstić information content (AvgIpc) is 3.16. The monoisotopic (exact) mass is 367 g/mol. The predicted octanol–water partition coefficient (Wildman–Crippen LogP) is 3.70. The number of nitrogens with zero attached hydrogens (tertiary/aromatic N) is 3. The van der Waals surface area contributed by atoms with Crippen LogP contribution in [0.25, 0.3) is 5.69 Å². The van der Waals surface area contributed by atoms with Crippen LogP contribution in [-0.2, 0) is 23.1 Å². The molecular formula is C20H21N3O2S. The van der Waals surface area contributed by atoms with Crippen molar-refractivity contribution in [3.63, 3.8) is 0 Å². The summed E-state index contributed by atoms with van der Waals surface area (Å²) in [7, 11) is -3.45. The third-order valence-electron chi connectivity index (χ3n) is 4.66. The van der Waals surface area contributed by atoms with E-state index in [0.29, 0.717) is 11.4 Å². The largest absolute Gasteiger partial charge is 0.244 e. The van der Waals surface area contributed by atoms with Crippen LogP contribution in [0.5, 0.6) is 0 Å². The Hall–Kier alpha value is -2.44. The van der Waals surface area contributed by atoms with Crippen molar-refractivity contribution in [1.29, 1.82) is 0 Å². The molecule has 26 heavy (non-hydrogen) atoms. The molecule has 0 bridgehead atoms. The molecule has 0 atom stereocenters. The number of hydrogen-bond donors (Lipinski definition) is 0. The van der Waals surface area contributed by atoms with Crippen molar-refractivity contribution in [2.45, 2.75) is 37.8 Å². The SMILES string of the molecule is CC(C)c1cc(CN2Cc3ccccc3S2(=O)=O)nn1-c1ccccc1. The molecule has 0 saturated heterocycles. The fourth-order valence-electron chi connectivity index (χ4n) is 3.33. The number of fused-ring (bicyclic) bond motifs is 1. The second-order valence-electron chi connectivity index (χ2n) is 6.84. The maximum absolute atomic E-state index is 12.8. The van der Waals surface area contributed by atoms with Gasteiger partial charge in [-0.25, -0.2) is 13.1 Å². The fraction of sp³-hybridized carbons (Fsp3) is 0.250. The Labute approximate surface area is 153 Å². The van der Waals surface area contributed by atoms with Gasteiger partial charge in [0.2, 0.25) is 10.0 Å². The number of benzene rings is 2. The molecule has 1 aliphatic heterocycles. The quantitative estimate of drug-likeness (QED) is 0.706. The van der Waals surface area contributed by atoms with Crippen molar-refractivity contribution in [3.05, 3.63) is 77.6 Å². The number of aromatic nitrogens is 2. The number of rotatable bonds is 4. The lowest BCUT2D eigenvalue weighted by molar-refractivity contribution is 0.414. The highest BCUT2D eigenvalue weighted by Gasteiger charge is 2.34. The van der Waals surface area contributed by atoms with E-state index in [1.54, 1.807) is 12.1 Å². The normalized spacial score (nSPS) is 16.1. The van der Waals surface area contributed by atoms with Gasteiger partial charge in [-0.2, -0.15) is 9.40 Å². The smallest absolute Gasteiger partial charge is 0.237 e. The van der Waals surface area contributed by atoms with Gasteiger partial charge in [-0.05, 0) is 35.7 Å². The van der Waals surface area contributed by atoms with Gasteiger partial charge in [0, 0.05) is 12.2 Å². The Bertz CT molecular complexity index is 1040. The molecule has 2 heterocycles. The summed E-state index contributed by atoms with van der Waals surface area (Å²) in [5, 5.41) is 4.70. The van der Waals surface area contributed by atoms with E-state index >= 15 is 0 Å². The average molecular weight is 367 g/mol. The second-order valence-corrected chi connectivity index (χ2v) is 8.75. The Morgan fingerprint density at radius 3 is 2.42 bits per heavy atom.